The van der Waals surface area contributed by atoms with Crippen molar-refractivity contribution in [2.75, 3.05) is 18.4 Å². The number of rotatable bonds is 6. The molecule has 106 valence electrons. The third-order valence-electron chi connectivity index (χ3n) is 3.13. The number of nitrogens with zero attached hydrogens (tertiary/aromatic N) is 3. The maximum absolute atomic E-state index is 11.9. The number of nitrogens with one attached hydrogen (secondary N) is 2. The van der Waals surface area contributed by atoms with Gasteiger partial charge in [0.05, 0.1) is 6.20 Å². The lowest BCUT2D eigenvalue weighted by atomic mass is 10.2. The van der Waals surface area contributed by atoms with Crippen LogP contribution in [0.2, 0.25) is 0 Å². The predicted molar refractivity (Wildman–Crippen MR) is 77.4 cm³/mol. The summed E-state index contributed by atoms with van der Waals surface area (Å²) in [4.78, 5) is 14.2. The fraction of sp³-hybridized carbons (Fsp3) is 0.357. The summed E-state index contributed by atoms with van der Waals surface area (Å²) in [6.07, 6.45) is 1.40. The zero-order valence-corrected chi connectivity index (χ0v) is 11.8. The number of carbonyl (C=O) groups excluding carboxylic acids is 1. The molecule has 0 bridgehead atoms. The Labute approximate surface area is 118 Å². The second-order valence-electron chi connectivity index (χ2n) is 4.47. The Hall–Kier alpha value is -2.21. The fourth-order valence-electron chi connectivity index (χ4n) is 1.96. The van der Waals surface area contributed by atoms with Gasteiger partial charge in [0, 0.05) is 12.2 Å². The van der Waals surface area contributed by atoms with E-state index < -0.39 is 0 Å². The van der Waals surface area contributed by atoms with Crippen LogP contribution in [0.3, 0.4) is 0 Å². The quantitative estimate of drug-likeness (QED) is 0.843. The van der Waals surface area contributed by atoms with Gasteiger partial charge >= 0.3 is 0 Å². The lowest BCUT2D eigenvalue weighted by molar-refractivity contribution is 0.102. The molecule has 0 aliphatic heterocycles. The molecular formula is C14H19N5O. The third kappa shape index (κ3) is 3.64. The molecule has 1 heterocycles. The van der Waals surface area contributed by atoms with Gasteiger partial charge in [0.25, 0.3) is 5.91 Å². The Bertz CT molecular complexity index is 548. The topological polar surface area (TPSA) is 73.9 Å². The van der Waals surface area contributed by atoms with Gasteiger partial charge < -0.3 is 5.32 Å². The molecule has 0 fully saturated rings. The highest BCUT2D eigenvalue weighted by atomic mass is 16.2. The number of carbonyl (C=O) groups is 1. The molecule has 0 aliphatic carbocycles. The van der Waals surface area contributed by atoms with Crippen LogP contribution in [0, 0.1) is 0 Å². The minimum absolute atomic E-state index is 0.265. The first-order valence-corrected chi connectivity index (χ1v) is 6.71. The van der Waals surface area contributed by atoms with Gasteiger partial charge in [-0.05, 0) is 30.8 Å². The summed E-state index contributed by atoms with van der Waals surface area (Å²) in [5.74, 6) is -0.265. The molecule has 0 saturated heterocycles. The van der Waals surface area contributed by atoms with Crippen molar-refractivity contribution in [1.82, 2.24) is 20.3 Å². The normalized spacial score (nSPS) is 10.8. The molecule has 1 amide bonds. The molecule has 6 heteroatoms. The van der Waals surface area contributed by atoms with E-state index in [1.807, 2.05) is 18.2 Å². The van der Waals surface area contributed by atoms with Crippen molar-refractivity contribution >= 4 is 11.6 Å². The molecular weight excluding hydrogens is 254 g/mol. The van der Waals surface area contributed by atoms with Crippen LogP contribution in [0.1, 0.15) is 29.9 Å². The number of benzene rings is 1. The highest BCUT2D eigenvalue weighted by molar-refractivity contribution is 6.02. The molecule has 0 saturated carbocycles. The zero-order valence-electron chi connectivity index (χ0n) is 11.8. The third-order valence-corrected chi connectivity index (χ3v) is 3.13. The van der Waals surface area contributed by atoms with Crippen LogP contribution in [0.4, 0.5) is 5.69 Å². The van der Waals surface area contributed by atoms with Crippen molar-refractivity contribution < 1.29 is 4.79 Å². The summed E-state index contributed by atoms with van der Waals surface area (Å²) in [6, 6.07) is 7.85. The highest BCUT2D eigenvalue weighted by Gasteiger charge is 2.09. The number of hydrogen-bond acceptors (Lipinski definition) is 4. The van der Waals surface area contributed by atoms with Crippen molar-refractivity contribution in [3.63, 3.8) is 0 Å². The highest BCUT2D eigenvalue weighted by Crippen LogP contribution is 2.13. The summed E-state index contributed by atoms with van der Waals surface area (Å²) in [5.41, 5.74) is 2.22. The number of aromatic nitrogens is 3. The molecule has 0 atom stereocenters. The average molecular weight is 273 g/mol. The summed E-state index contributed by atoms with van der Waals surface area (Å²) in [6.45, 7) is 7.16. The van der Waals surface area contributed by atoms with Gasteiger partial charge in [-0.1, -0.05) is 26.0 Å². The smallest absolute Gasteiger partial charge is 0.277 e. The SMILES string of the molecule is CCN(CC)Cc1cccc(NC(=O)c2cn[nH]n2)c1. The van der Waals surface area contributed by atoms with Crippen LogP contribution in [0.25, 0.3) is 0 Å². The Morgan fingerprint density at radius 1 is 1.35 bits per heavy atom. The van der Waals surface area contributed by atoms with Gasteiger partial charge in [-0.3, -0.25) is 9.69 Å². The minimum atomic E-state index is -0.265. The summed E-state index contributed by atoms with van der Waals surface area (Å²) in [5, 5.41) is 12.6. The lowest BCUT2D eigenvalue weighted by Gasteiger charge is -2.18. The molecule has 6 nitrogen and oxygen atoms in total. The van der Waals surface area contributed by atoms with Crippen LogP contribution in [-0.2, 0) is 6.54 Å². The maximum atomic E-state index is 11.9. The van der Waals surface area contributed by atoms with E-state index in [4.69, 9.17) is 0 Å². The second kappa shape index (κ2) is 6.81. The molecule has 2 aromatic rings. The van der Waals surface area contributed by atoms with E-state index in [2.05, 4.69) is 45.5 Å². The number of H-pyrrole nitrogens is 1. The molecule has 0 unspecified atom stereocenters. The molecule has 2 rings (SSSR count). The summed E-state index contributed by atoms with van der Waals surface area (Å²) in [7, 11) is 0. The zero-order chi connectivity index (χ0) is 14.4. The van der Waals surface area contributed by atoms with E-state index in [0.29, 0.717) is 0 Å². The first-order chi connectivity index (χ1) is 9.72. The van der Waals surface area contributed by atoms with E-state index >= 15 is 0 Å². The van der Waals surface area contributed by atoms with Gasteiger partial charge in [0.2, 0.25) is 0 Å². The van der Waals surface area contributed by atoms with Crippen LogP contribution < -0.4 is 5.32 Å². The minimum Gasteiger partial charge on any atom is -0.321 e. The first kappa shape index (κ1) is 14.2. The molecule has 1 aromatic heterocycles. The lowest BCUT2D eigenvalue weighted by Crippen LogP contribution is -2.22. The van der Waals surface area contributed by atoms with Gasteiger partial charge in [-0.15, -0.1) is 0 Å². The van der Waals surface area contributed by atoms with Crippen molar-refractivity contribution in [2.45, 2.75) is 20.4 Å². The van der Waals surface area contributed by atoms with Gasteiger partial charge in [0.1, 0.15) is 0 Å². The van der Waals surface area contributed by atoms with E-state index in [0.717, 1.165) is 25.3 Å². The van der Waals surface area contributed by atoms with Gasteiger partial charge in [-0.2, -0.15) is 15.4 Å². The van der Waals surface area contributed by atoms with E-state index in [-0.39, 0.29) is 11.6 Å². The van der Waals surface area contributed by atoms with Crippen LogP contribution in [0.15, 0.2) is 30.5 Å². The van der Waals surface area contributed by atoms with Crippen LogP contribution >= 0.6 is 0 Å². The van der Waals surface area contributed by atoms with Crippen molar-refractivity contribution in [2.24, 2.45) is 0 Å². The molecule has 2 N–H and O–H groups in total. The second-order valence-corrected chi connectivity index (χ2v) is 4.47. The Kier molecular flexibility index (Phi) is 4.84. The van der Waals surface area contributed by atoms with E-state index in [1.54, 1.807) is 0 Å². The van der Waals surface area contributed by atoms with Gasteiger partial charge in [0.15, 0.2) is 5.69 Å². The number of aromatic amines is 1. The molecule has 0 spiro atoms. The molecule has 1 aromatic carbocycles. The Morgan fingerprint density at radius 2 is 2.15 bits per heavy atom. The van der Waals surface area contributed by atoms with Gasteiger partial charge in [-0.25, -0.2) is 0 Å². The average Bonchev–Trinajstić information content (AvgIpc) is 2.99. The predicted octanol–water partition coefficient (Wildman–Crippen LogP) is 1.90. The summed E-state index contributed by atoms with van der Waals surface area (Å²) >= 11 is 0. The fourth-order valence-corrected chi connectivity index (χ4v) is 1.96. The van der Waals surface area contributed by atoms with E-state index in [9.17, 15) is 4.79 Å². The Morgan fingerprint density at radius 3 is 2.80 bits per heavy atom. The number of hydrogen-bond donors (Lipinski definition) is 2. The molecule has 0 aliphatic rings. The van der Waals surface area contributed by atoms with Crippen molar-refractivity contribution in [3.05, 3.63) is 41.7 Å². The Balaban J connectivity index is 2.04. The van der Waals surface area contributed by atoms with Crippen LogP contribution in [0.5, 0.6) is 0 Å². The monoisotopic (exact) mass is 273 g/mol. The number of amides is 1. The van der Waals surface area contributed by atoms with Crippen molar-refractivity contribution in [3.8, 4) is 0 Å². The first-order valence-electron chi connectivity index (χ1n) is 6.71. The maximum Gasteiger partial charge on any atom is 0.277 e. The molecule has 0 radical (unpaired) electrons. The van der Waals surface area contributed by atoms with Crippen LogP contribution in [-0.4, -0.2) is 39.3 Å². The summed E-state index contributed by atoms with van der Waals surface area (Å²) < 4.78 is 0. The molecule has 20 heavy (non-hydrogen) atoms. The van der Waals surface area contributed by atoms with Crippen molar-refractivity contribution in [1.29, 1.82) is 0 Å². The standard InChI is InChI=1S/C14H19N5O/c1-3-19(4-2)10-11-6-5-7-12(8-11)16-14(20)13-9-15-18-17-13/h5-9H,3-4,10H2,1-2H3,(H,16,20)(H,15,17,18). The largest absolute Gasteiger partial charge is 0.321 e. The number of anilines is 1. The van der Waals surface area contributed by atoms with E-state index in [1.165, 1.54) is 11.8 Å².